The average Bonchev–Trinajstić information content (AvgIpc) is 3.37. The minimum atomic E-state index is -0.787. The van der Waals surface area contributed by atoms with Crippen molar-refractivity contribution in [1.29, 1.82) is 0 Å². The molecule has 0 atom stereocenters. The number of primary amides is 1. The van der Waals surface area contributed by atoms with E-state index in [0.29, 0.717) is 17.8 Å². The number of nitrogens with two attached hydrogens (primary N) is 1. The fourth-order valence-corrected chi connectivity index (χ4v) is 6.36. The quantitative estimate of drug-likeness (QED) is 0.487. The van der Waals surface area contributed by atoms with Gasteiger partial charge >= 0.3 is 5.97 Å². The number of Topliss-reactive ketones (excluding diaryl/α,β-unsaturated/α-hetero) is 1. The second-order valence-electron chi connectivity index (χ2n) is 12.2. The van der Waals surface area contributed by atoms with Crippen molar-refractivity contribution < 1.29 is 23.9 Å². The number of ketones is 1. The van der Waals surface area contributed by atoms with Gasteiger partial charge < -0.3 is 20.7 Å². The number of carbonyl (C=O) groups is 3. The summed E-state index contributed by atoms with van der Waals surface area (Å²) in [5, 5.41) is 11.5. The van der Waals surface area contributed by atoms with Crippen molar-refractivity contribution in [2.24, 2.45) is 11.1 Å². The molecule has 4 N–H and O–H groups in total. The summed E-state index contributed by atoms with van der Waals surface area (Å²) in [6.45, 7) is 4.34. The Morgan fingerprint density at radius 2 is 1.79 bits per heavy atom. The molecule has 0 saturated heterocycles. The van der Waals surface area contributed by atoms with Gasteiger partial charge in [-0.2, -0.15) is 0 Å². The molecule has 1 saturated carbocycles. The van der Waals surface area contributed by atoms with Gasteiger partial charge in [0.15, 0.2) is 5.78 Å². The maximum Gasteiger partial charge on any atom is 0.317 e. The Bertz CT molecular complexity index is 1270. The third-order valence-electron chi connectivity index (χ3n) is 7.88. The summed E-state index contributed by atoms with van der Waals surface area (Å²) in [6.07, 6.45) is 9.55. The summed E-state index contributed by atoms with van der Waals surface area (Å²) in [5.74, 6) is -1.96. The lowest BCUT2D eigenvalue weighted by Gasteiger charge is -2.30. The van der Waals surface area contributed by atoms with Crippen molar-refractivity contribution in [2.45, 2.75) is 84.1 Å². The number of carboxylic acids is 1. The summed E-state index contributed by atoms with van der Waals surface area (Å²) in [5.41, 5.74) is 10.6. The molecule has 39 heavy (non-hydrogen) atoms. The van der Waals surface area contributed by atoms with Gasteiger partial charge in [-0.25, -0.2) is 4.39 Å². The Labute approximate surface area is 229 Å². The molecule has 0 radical (unpaired) electrons. The highest BCUT2D eigenvalue weighted by atomic mass is 19.1. The van der Waals surface area contributed by atoms with E-state index in [1.54, 1.807) is 19.0 Å². The fraction of sp³-hybridized carbons (Fsp3) is 0.567. The number of benzene rings is 1. The van der Waals surface area contributed by atoms with Crippen molar-refractivity contribution in [3.05, 3.63) is 46.0 Å². The molecule has 0 bridgehead atoms. The molecule has 5 rings (SSSR count). The smallest absolute Gasteiger partial charge is 0.317 e. The molecule has 1 aromatic heterocycles. The molecule has 1 fully saturated rings. The maximum absolute atomic E-state index is 15.3. The third-order valence-corrected chi connectivity index (χ3v) is 7.88. The van der Waals surface area contributed by atoms with Gasteiger partial charge in [0, 0.05) is 29.4 Å². The van der Waals surface area contributed by atoms with Gasteiger partial charge in [-0.15, -0.1) is 0 Å². The lowest BCUT2D eigenvalue weighted by atomic mass is 9.75. The van der Waals surface area contributed by atoms with Crippen LogP contribution in [0, 0.1) is 11.2 Å². The number of fused-ring (bicyclic) bond motifs is 3. The summed E-state index contributed by atoms with van der Waals surface area (Å²) < 4.78 is 17.4. The van der Waals surface area contributed by atoms with Crippen molar-refractivity contribution in [3.63, 3.8) is 0 Å². The molecule has 1 amide bonds. The largest absolute Gasteiger partial charge is 0.480 e. The van der Waals surface area contributed by atoms with E-state index >= 15 is 4.39 Å². The van der Waals surface area contributed by atoms with Gasteiger partial charge in [-0.1, -0.05) is 33.1 Å². The number of carboxylic acid groups (broad SMARTS) is 1. The first-order chi connectivity index (χ1) is 18.4. The second kappa shape index (κ2) is 11.5. The number of aromatic nitrogens is 1. The van der Waals surface area contributed by atoms with E-state index in [4.69, 9.17) is 10.8 Å². The fourth-order valence-electron chi connectivity index (χ4n) is 6.36. The Balaban J connectivity index is 0.000000448. The van der Waals surface area contributed by atoms with Crippen LogP contribution in [0.2, 0.25) is 0 Å². The molecule has 212 valence electrons. The van der Waals surface area contributed by atoms with E-state index in [1.807, 2.05) is 6.07 Å². The zero-order chi connectivity index (χ0) is 28.5. The first-order valence-electron chi connectivity index (χ1n) is 13.9. The minimum absolute atomic E-state index is 0.0756. The molecular formula is C30H41FN4O4. The molecule has 0 unspecified atom stereocenters. The Morgan fingerprint density at radius 1 is 1.10 bits per heavy atom. The van der Waals surface area contributed by atoms with Crippen molar-refractivity contribution >= 4 is 23.3 Å². The van der Waals surface area contributed by atoms with Crippen molar-refractivity contribution in [1.82, 2.24) is 9.47 Å². The van der Waals surface area contributed by atoms with Crippen molar-refractivity contribution in [3.8, 4) is 5.69 Å². The van der Waals surface area contributed by atoms with Crippen molar-refractivity contribution in [2.75, 3.05) is 26.0 Å². The molecule has 0 aliphatic heterocycles. The highest BCUT2D eigenvalue weighted by molar-refractivity contribution is 6.01. The lowest BCUT2D eigenvalue weighted by molar-refractivity contribution is -0.137. The first-order valence-corrected chi connectivity index (χ1v) is 13.9. The lowest BCUT2D eigenvalue weighted by Crippen LogP contribution is -2.28. The number of hydrogen-bond acceptors (Lipinski definition) is 5. The zero-order valence-corrected chi connectivity index (χ0v) is 23.5. The third kappa shape index (κ3) is 6.35. The number of nitrogens with one attached hydrogen (secondary N) is 1. The van der Waals surface area contributed by atoms with E-state index in [0.717, 1.165) is 73.9 Å². The molecule has 2 aromatic rings. The molecule has 8 nitrogen and oxygen atoms in total. The van der Waals surface area contributed by atoms with Crippen LogP contribution in [-0.2, 0) is 24.1 Å². The number of amides is 1. The van der Waals surface area contributed by atoms with Crippen LogP contribution in [0.25, 0.3) is 5.69 Å². The topological polar surface area (TPSA) is 118 Å². The maximum atomic E-state index is 15.3. The number of carbonyl (C=O) groups excluding carboxylic acids is 2. The van der Waals surface area contributed by atoms with Gasteiger partial charge in [-0.3, -0.25) is 19.3 Å². The predicted octanol–water partition coefficient (Wildman–Crippen LogP) is 4.74. The van der Waals surface area contributed by atoms with Crippen LogP contribution >= 0.6 is 0 Å². The van der Waals surface area contributed by atoms with Gasteiger partial charge in [0.05, 0.1) is 23.5 Å². The van der Waals surface area contributed by atoms with Gasteiger partial charge in [0.1, 0.15) is 5.82 Å². The summed E-state index contributed by atoms with van der Waals surface area (Å²) >= 11 is 0. The van der Waals surface area contributed by atoms with Crippen LogP contribution in [0.3, 0.4) is 0 Å². The normalized spacial score (nSPS) is 18.3. The number of nitrogens with zero attached hydrogens (tertiary/aromatic N) is 2. The van der Waals surface area contributed by atoms with Crippen LogP contribution < -0.4 is 11.1 Å². The molecule has 1 heterocycles. The van der Waals surface area contributed by atoms with Gasteiger partial charge in [-0.05, 0) is 75.7 Å². The highest BCUT2D eigenvalue weighted by Gasteiger charge is 2.39. The highest BCUT2D eigenvalue weighted by Crippen LogP contribution is 2.43. The monoisotopic (exact) mass is 540 g/mol. The van der Waals surface area contributed by atoms with E-state index in [9.17, 15) is 14.4 Å². The van der Waals surface area contributed by atoms with Crippen LogP contribution in [0.1, 0.15) is 96.5 Å². The van der Waals surface area contributed by atoms with Crippen LogP contribution in [0.15, 0.2) is 12.1 Å². The Kier molecular flexibility index (Phi) is 8.49. The molecule has 3 aliphatic carbocycles. The zero-order valence-electron chi connectivity index (χ0n) is 23.5. The van der Waals surface area contributed by atoms with Crippen LogP contribution in [0.4, 0.5) is 10.1 Å². The molecule has 1 aromatic carbocycles. The second-order valence-corrected chi connectivity index (χ2v) is 12.2. The number of rotatable bonds is 6. The Hall–Kier alpha value is -3.20. The van der Waals surface area contributed by atoms with E-state index in [2.05, 4.69) is 23.7 Å². The number of aliphatic carboxylic acids is 1. The number of hydrogen-bond donors (Lipinski definition) is 3. The van der Waals surface area contributed by atoms with Crippen LogP contribution in [0.5, 0.6) is 0 Å². The Morgan fingerprint density at radius 3 is 2.38 bits per heavy atom. The molecule has 3 aliphatic rings. The summed E-state index contributed by atoms with van der Waals surface area (Å²) in [6, 6.07) is 3.49. The number of halogens is 1. The van der Waals surface area contributed by atoms with Gasteiger partial charge in [0.2, 0.25) is 0 Å². The SMILES string of the molecule is CC1(C)CC(=O)c2c3c(n(-c4cc(F)c(C(N)=O)c(NC5CCCCC5)c4)c2C1)CCC3.CN(C)CC(=O)O. The summed E-state index contributed by atoms with van der Waals surface area (Å²) in [4.78, 5) is 36.6. The minimum Gasteiger partial charge on any atom is -0.480 e. The number of likely N-dealkylation sites (N-methyl/N-ethyl adjacent to an activating group) is 1. The molecule has 0 spiro atoms. The van der Waals surface area contributed by atoms with E-state index < -0.39 is 17.7 Å². The number of anilines is 1. The van der Waals surface area contributed by atoms with Gasteiger partial charge in [0.25, 0.3) is 5.91 Å². The first kappa shape index (κ1) is 28.8. The predicted molar refractivity (Wildman–Crippen MR) is 149 cm³/mol. The standard InChI is InChI=1S/C26H32FN3O2.C4H9NO2/c1-26(2)13-21-23(22(31)14-26)17-9-6-10-20(17)30(21)16-11-18(27)24(25(28)32)19(12-16)29-15-7-4-3-5-8-15;1-5(2)3-4(6)7/h11-12,15,29H,3-10,13-14H2,1-2H3,(H2,28,32);3H2,1-2H3,(H,6,7). The average molecular weight is 541 g/mol. The molecule has 9 heteroatoms. The summed E-state index contributed by atoms with van der Waals surface area (Å²) in [7, 11) is 3.43. The van der Waals surface area contributed by atoms with E-state index in [1.165, 1.54) is 12.5 Å². The van der Waals surface area contributed by atoms with Crippen LogP contribution in [-0.4, -0.2) is 58.9 Å². The molecular weight excluding hydrogens is 499 g/mol. The van der Waals surface area contributed by atoms with E-state index in [-0.39, 0.29) is 29.3 Å².